The lowest BCUT2D eigenvalue weighted by Gasteiger charge is -2.18. The van der Waals surface area contributed by atoms with Crippen molar-refractivity contribution in [2.45, 2.75) is 26.0 Å². The zero-order valence-electron chi connectivity index (χ0n) is 11.1. The Labute approximate surface area is 120 Å². The summed E-state index contributed by atoms with van der Waals surface area (Å²) in [6.45, 7) is 0.0785. The average molecular weight is 298 g/mol. The van der Waals surface area contributed by atoms with E-state index in [1.54, 1.807) is 29.0 Å². The summed E-state index contributed by atoms with van der Waals surface area (Å²) in [7, 11) is 0. The smallest absolute Gasteiger partial charge is 0.387 e. The Morgan fingerprint density at radius 1 is 1.30 bits per heavy atom. The number of rotatable bonds is 7. The highest BCUT2D eigenvalue weighted by Crippen LogP contribution is 2.23. The molecule has 1 atom stereocenters. The van der Waals surface area contributed by atoms with Gasteiger partial charge in [-0.05, 0) is 24.2 Å². The molecular formula is C14H16F2N2OS. The molecule has 0 aliphatic rings. The number of halogens is 2. The minimum Gasteiger partial charge on any atom is -0.435 e. The predicted molar refractivity (Wildman–Crippen MR) is 75.3 cm³/mol. The van der Waals surface area contributed by atoms with Gasteiger partial charge in [0.1, 0.15) is 5.75 Å². The lowest BCUT2D eigenvalue weighted by molar-refractivity contribution is -0.0498. The molecule has 0 aliphatic heterocycles. The van der Waals surface area contributed by atoms with Gasteiger partial charge in [0.05, 0.1) is 5.51 Å². The first-order chi connectivity index (χ1) is 9.69. The monoisotopic (exact) mass is 298 g/mol. The molecule has 0 saturated carbocycles. The molecule has 0 aliphatic carbocycles. The molecular weight excluding hydrogens is 282 g/mol. The molecule has 0 spiro atoms. The third-order valence-electron chi connectivity index (χ3n) is 2.85. The summed E-state index contributed by atoms with van der Waals surface area (Å²) in [6, 6.07) is 6.90. The highest BCUT2D eigenvalue weighted by Gasteiger charge is 2.13. The molecule has 20 heavy (non-hydrogen) atoms. The van der Waals surface area contributed by atoms with Crippen molar-refractivity contribution in [3.8, 4) is 5.75 Å². The summed E-state index contributed by atoms with van der Waals surface area (Å²) in [5.74, 6) is 0.178. The van der Waals surface area contributed by atoms with Crippen molar-refractivity contribution < 1.29 is 13.5 Å². The number of ether oxygens (including phenoxy) is 1. The van der Waals surface area contributed by atoms with E-state index in [0.717, 1.165) is 18.5 Å². The third kappa shape index (κ3) is 4.25. The standard InChI is InChI=1S/C14H16F2N2OS/c1-2-18-13(7-12-8-17-9-20-12)10-3-5-11(6-4-10)19-14(15)16/h3-6,8-9,13-14,18H,2,7H2,1H3. The minimum absolute atomic E-state index is 0.140. The van der Waals surface area contributed by atoms with Gasteiger partial charge >= 0.3 is 6.61 Å². The lowest BCUT2D eigenvalue weighted by Crippen LogP contribution is -2.22. The van der Waals surface area contributed by atoms with Gasteiger partial charge in [-0.15, -0.1) is 11.3 Å². The van der Waals surface area contributed by atoms with Gasteiger partial charge in [-0.3, -0.25) is 4.98 Å². The van der Waals surface area contributed by atoms with Gasteiger partial charge in [0.2, 0.25) is 0 Å². The van der Waals surface area contributed by atoms with E-state index in [9.17, 15) is 8.78 Å². The molecule has 108 valence electrons. The van der Waals surface area contributed by atoms with E-state index in [-0.39, 0.29) is 11.8 Å². The number of benzene rings is 1. The minimum atomic E-state index is -2.79. The number of nitrogens with one attached hydrogen (secondary N) is 1. The number of likely N-dealkylation sites (N-methyl/N-ethyl adjacent to an activating group) is 1. The maximum atomic E-state index is 12.1. The van der Waals surface area contributed by atoms with Crippen LogP contribution in [0, 0.1) is 0 Å². The molecule has 0 amide bonds. The summed E-state index contributed by atoms with van der Waals surface area (Å²) in [4.78, 5) is 5.25. The van der Waals surface area contributed by atoms with Crippen molar-refractivity contribution >= 4 is 11.3 Å². The van der Waals surface area contributed by atoms with Crippen LogP contribution in [-0.2, 0) is 6.42 Å². The van der Waals surface area contributed by atoms with Crippen molar-refractivity contribution in [2.24, 2.45) is 0 Å². The number of aromatic nitrogens is 1. The number of hydrogen-bond donors (Lipinski definition) is 1. The van der Waals surface area contributed by atoms with E-state index in [4.69, 9.17) is 0 Å². The van der Waals surface area contributed by atoms with Gasteiger partial charge in [-0.1, -0.05) is 19.1 Å². The lowest BCUT2D eigenvalue weighted by atomic mass is 10.0. The highest BCUT2D eigenvalue weighted by molar-refractivity contribution is 7.09. The fraction of sp³-hybridized carbons (Fsp3) is 0.357. The summed E-state index contributed by atoms with van der Waals surface area (Å²) in [5.41, 5.74) is 2.85. The fourth-order valence-electron chi connectivity index (χ4n) is 1.98. The highest BCUT2D eigenvalue weighted by atomic mass is 32.1. The van der Waals surface area contributed by atoms with Gasteiger partial charge in [0.15, 0.2) is 0 Å². The SMILES string of the molecule is CCNC(Cc1cncs1)c1ccc(OC(F)F)cc1. The van der Waals surface area contributed by atoms with Gasteiger partial charge in [-0.25, -0.2) is 0 Å². The second-order valence-corrected chi connectivity index (χ2v) is 5.20. The Bertz CT molecular complexity index is 502. The first kappa shape index (κ1) is 14.9. The summed E-state index contributed by atoms with van der Waals surface area (Å²) in [5, 5.41) is 3.39. The first-order valence-corrected chi connectivity index (χ1v) is 7.22. The van der Waals surface area contributed by atoms with Crippen molar-refractivity contribution in [3.63, 3.8) is 0 Å². The van der Waals surface area contributed by atoms with Crippen molar-refractivity contribution in [2.75, 3.05) is 6.54 Å². The zero-order chi connectivity index (χ0) is 14.4. The van der Waals surface area contributed by atoms with Crippen LogP contribution >= 0.6 is 11.3 Å². The molecule has 1 heterocycles. The molecule has 2 aromatic rings. The molecule has 1 aromatic carbocycles. The number of thiazole rings is 1. The van der Waals surface area contributed by atoms with Crippen molar-refractivity contribution in [1.29, 1.82) is 0 Å². The topological polar surface area (TPSA) is 34.2 Å². The summed E-state index contributed by atoms with van der Waals surface area (Å²) in [6.07, 6.45) is 2.68. The van der Waals surface area contributed by atoms with Gasteiger partial charge in [-0.2, -0.15) is 8.78 Å². The van der Waals surface area contributed by atoms with Crippen LogP contribution in [-0.4, -0.2) is 18.1 Å². The molecule has 0 radical (unpaired) electrons. The Kier molecular flexibility index (Phi) is 5.43. The molecule has 1 unspecified atom stereocenters. The van der Waals surface area contributed by atoms with E-state index >= 15 is 0 Å². The van der Waals surface area contributed by atoms with E-state index in [1.807, 2.05) is 25.3 Å². The van der Waals surface area contributed by atoms with E-state index in [0.29, 0.717) is 0 Å². The van der Waals surface area contributed by atoms with Gasteiger partial charge in [0, 0.05) is 23.5 Å². The molecule has 3 nitrogen and oxygen atoms in total. The third-order valence-corrected chi connectivity index (χ3v) is 3.65. The van der Waals surface area contributed by atoms with Crippen LogP contribution in [0.3, 0.4) is 0 Å². The summed E-state index contributed by atoms with van der Waals surface area (Å²) >= 11 is 1.61. The van der Waals surface area contributed by atoms with Crippen LogP contribution < -0.4 is 10.1 Å². The second kappa shape index (κ2) is 7.31. The maximum Gasteiger partial charge on any atom is 0.387 e. The van der Waals surface area contributed by atoms with Gasteiger partial charge < -0.3 is 10.1 Å². The molecule has 1 aromatic heterocycles. The summed E-state index contributed by atoms with van der Waals surface area (Å²) < 4.78 is 28.6. The molecule has 2 rings (SSSR count). The van der Waals surface area contributed by atoms with Crippen molar-refractivity contribution in [1.82, 2.24) is 10.3 Å². The first-order valence-electron chi connectivity index (χ1n) is 6.34. The Balaban J connectivity index is 2.08. The van der Waals surface area contributed by atoms with Crippen LogP contribution in [0.4, 0.5) is 8.78 Å². The quantitative estimate of drug-likeness (QED) is 0.847. The van der Waals surface area contributed by atoms with E-state index in [2.05, 4.69) is 15.0 Å². The molecule has 0 fully saturated rings. The molecule has 0 saturated heterocycles. The Hall–Kier alpha value is -1.53. The molecule has 0 bridgehead atoms. The predicted octanol–water partition coefficient (Wildman–Crippen LogP) is 3.64. The normalized spacial score (nSPS) is 12.6. The van der Waals surface area contributed by atoms with E-state index < -0.39 is 6.61 Å². The molecule has 6 heteroatoms. The van der Waals surface area contributed by atoms with Crippen LogP contribution in [0.15, 0.2) is 36.0 Å². The van der Waals surface area contributed by atoms with Crippen LogP contribution in [0.1, 0.15) is 23.4 Å². The average Bonchev–Trinajstić information content (AvgIpc) is 2.91. The van der Waals surface area contributed by atoms with Crippen LogP contribution in [0.25, 0.3) is 0 Å². The Morgan fingerprint density at radius 3 is 2.60 bits per heavy atom. The second-order valence-electron chi connectivity index (χ2n) is 4.23. The van der Waals surface area contributed by atoms with E-state index in [1.165, 1.54) is 4.88 Å². The zero-order valence-corrected chi connectivity index (χ0v) is 11.9. The van der Waals surface area contributed by atoms with Crippen LogP contribution in [0.5, 0.6) is 5.75 Å². The van der Waals surface area contributed by atoms with Crippen LogP contribution in [0.2, 0.25) is 0 Å². The maximum absolute atomic E-state index is 12.1. The fourth-order valence-corrected chi connectivity index (χ4v) is 2.62. The molecule has 1 N–H and O–H groups in total. The largest absolute Gasteiger partial charge is 0.435 e. The Morgan fingerprint density at radius 2 is 2.05 bits per heavy atom. The number of nitrogens with zero attached hydrogens (tertiary/aromatic N) is 1. The van der Waals surface area contributed by atoms with Crippen molar-refractivity contribution in [3.05, 3.63) is 46.4 Å². The number of alkyl halides is 2. The number of hydrogen-bond acceptors (Lipinski definition) is 4. The van der Waals surface area contributed by atoms with Gasteiger partial charge in [0.25, 0.3) is 0 Å².